The molecule has 1 aromatic rings. The minimum Gasteiger partial charge on any atom is -0.513 e. The Labute approximate surface area is 121 Å². The molecule has 1 aliphatic rings. The summed E-state index contributed by atoms with van der Waals surface area (Å²) in [4.78, 5) is 2.53. The minimum absolute atomic E-state index is 0.195. The summed E-state index contributed by atoms with van der Waals surface area (Å²) in [5, 5.41) is 9.14. The van der Waals surface area contributed by atoms with Crippen LogP contribution in [0.1, 0.15) is 31.2 Å². The molecule has 2 rings (SSSR count). The summed E-state index contributed by atoms with van der Waals surface area (Å²) in [6.07, 6.45) is 5.67. The van der Waals surface area contributed by atoms with Crippen molar-refractivity contribution < 1.29 is 9.84 Å². The van der Waals surface area contributed by atoms with Gasteiger partial charge in [-0.3, -0.25) is 0 Å². The maximum atomic E-state index is 9.14. The summed E-state index contributed by atoms with van der Waals surface area (Å²) < 4.78 is 5.75. The Balaban J connectivity index is 1.64. The highest BCUT2D eigenvalue weighted by molar-refractivity contribution is 5.28. The second kappa shape index (κ2) is 7.95. The van der Waals surface area contributed by atoms with Crippen LogP contribution in [0.4, 0.5) is 0 Å². The molecule has 0 atom stereocenters. The number of rotatable bonds is 7. The second-order valence-corrected chi connectivity index (χ2v) is 5.49. The van der Waals surface area contributed by atoms with Gasteiger partial charge in [0, 0.05) is 13.0 Å². The van der Waals surface area contributed by atoms with Gasteiger partial charge in [-0.1, -0.05) is 25.1 Å². The van der Waals surface area contributed by atoms with E-state index in [0.717, 1.165) is 30.9 Å². The highest BCUT2D eigenvalue weighted by Gasteiger charge is 2.08. The summed E-state index contributed by atoms with van der Waals surface area (Å²) in [5.74, 6) is 1.09. The zero-order valence-electron chi connectivity index (χ0n) is 12.2. The Morgan fingerprint density at radius 3 is 2.50 bits per heavy atom. The van der Waals surface area contributed by atoms with Crippen LogP contribution < -0.4 is 4.74 Å². The molecule has 1 N–H and O–H groups in total. The lowest BCUT2D eigenvalue weighted by Crippen LogP contribution is -2.31. The van der Waals surface area contributed by atoms with Crippen molar-refractivity contribution in [1.29, 1.82) is 0 Å². The molecular formula is C17H25NO2. The number of nitrogens with zero attached hydrogens (tertiary/aromatic N) is 1. The molecule has 3 heteroatoms. The molecule has 0 spiro atoms. The zero-order valence-corrected chi connectivity index (χ0v) is 12.2. The third-order valence-corrected chi connectivity index (χ3v) is 3.67. The van der Waals surface area contributed by atoms with Gasteiger partial charge in [-0.05, 0) is 50.0 Å². The van der Waals surface area contributed by atoms with E-state index in [0.29, 0.717) is 6.42 Å². The molecular weight excluding hydrogens is 250 g/mol. The second-order valence-electron chi connectivity index (χ2n) is 5.49. The number of benzene rings is 1. The fourth-order valence-corrected chi connectivity index (χ4v) is 2.60. The van der Waals surface area contributed by atoms with E-state index < -0.39 is 0 Å². The SMILES string of the molecule is C=C(O)Cc1ccc(OCCCN2CCCCC2)cc1. The highest BCUT2D eigenvalue weighted by Crippen LogP contribution is 2.14. The summed E-state index contributed by atoms with van der Waals surface area (Å²) >= 11 is 0. The van der Waals surface area contributed by atoms with E-state index in [2.05, 4.69) is 11.5 Å². The highest BCUT2D eigenvalue weighted by atomic mass is 16.5. The summed E-state index contributed by atoms with van der Waals surface area (Å²) in [6, 6.07) is 7.86. The predicted octanol–water partition coefficient (Wildman–Crippen LogP) is 3.56. The van der Waals surface area contributed by atoms with Crippen LogP contribution in [-0.4, -0.2) is 36.2 Å². The first kappa shape index (κ1) is 14.9. The normalized spacial score (nSPS) is 16.0. The number of allylic oxidation sites excluding steroid dienone is 1. The lowest BCUT2D eigenvalue weighted by Gasteiger charge is -2.26. The van der Waals surface area contributed by atoms with Crippen molar-refractivity contribution in [3.63, 3.8) is 0 Å². The van der Waals surface area contributed by atoms with Gasteiger partial charge in [0.05, 0.1) is 12.4 Å². The Morgan fingerprint density at radius 1 is 1.15 bits per heavy atom. The Kier molecular flexibility index (Phi) is 5.93. The molecule has 0 saturated carbocycles. The summed E-state index contributed by atoms with van der Waals surface area (Å²) in [7, 11) is 0. The molecule has 0 radical (unpaired) electrons. The monoisotopic (exact) mass is 275 g/mol. The average molecular weight is 275 g/mol. The van der Waals surface area contributed by atoms with Gasteiger partial charge in [0.15, 0.2) is 0 Å². The number of likely N-dealkylation sites (tertiary alicyclic amines) is 1. The number of piperidine rings is 1. The fraction of sp³-hybridized carbons (Fsp3) is 0.529. The molecule has 0 unspecified atom stereocenters. The van der Waals surface area contributed by atoms with E-state index in [1.54, 1.807) is 0 Å². The molecule has 0 aromatic heterocycles. The van der Waals surface area contributed by atoms with Gasteiger partial charge in [-0.15, -0.1) is 0 Å². The van der Waals surface area contributed by atoms with Crippen LogP contribution in [0.25, 0.3) is 0 Å². The van der Waals surface area contributed by atoms with Crippen LogP contribution in [0.2, 0.25) is 0 Å². The fourth-order valence-electron chi connectivity index (χ4n) is 2.60. The number of ether oxygens (including phenoxy) is 1. The lowest BCUT2D eigenvalue weighted by molar-refractivity contribution is 0.205. The van der Waals surface area contributed by atoms with Gasteiger partial charge >= 0.3 is 0 Å². The first-order chi connectivity index (χ1) is 9.74. The predicted molar refractivity (Wildman–Crippen MR) is 82.3 cm³/mol. The smallest absolute Gasteiger partial charge is 0.119 e. The molecule has 1 fully saturated rings. The van der Waals surface area contributed by atoms with Gasteiger partial charge < -0.3 is 14.7 Å². The first-order valence-corrected chi connectivity index (χ1v) is 7.55. The minimum atomic E-state index is 0.195. The van der Waals surface area contributed by atoms with Crippen molar-refractivity contribution in [2.45, 2.75) is 32.1 Å². The zero-order chi connectivity index (χ0) is 14.2. The largest absolute Gasteiger partial charge is 0.513 e. The van der Waals surface area contributed by atoms with E-state index in [1.807, 2.05) is 24.3 Å². The van der Waals surface area contributed by atoms with E-state index in [1.165, 1.54) is 32.4 Å². The van der Waals surface area contributed by atoms with Crippen LogP contribution in [-0.2, 0) is 6.42 Å². The van der Waals surface area contributed by atoms with Gasteiger partial charge in [-0.2, -0.15) is 0 Å². The van der Waals surface area contributed by atoms with Crippen LogP contribution in [0.5, 0.6) is 5.75 Å². The quantitative estimate of drug-likeness (QED) is 0.610. The van der Waals surface area contributed by atoms with Gasteiger partial charge in [0.25, 0.3) is 0 Å². The van der Waals surface area contributed by atoms with E-state index in [-0.39, 0.29) is 5.76 Å². The third kappa shape index (κ3) is 5.25. The van der Waals surface area contributed by atoms with Crippen LogP contribution >= 0.6 is 0 Å². The molecule has 0 bridgehead atoms. The van der Waals surface area contributed by atoms with Crippen LogP contribution in [0.3, 0.4) is 0 Å². The van der Waals surface area contributed by atoms with Gasteiger partial charge in [0.2, 0.25) is 0 Å². The molecule has 1 saturated heterocycles. The first-order valence-electron chi connectivity index (χ1n) is 7.55. The van der Waals surface area contributed by atoms with Crippen LogP contribution in [0.15, 0.2) is 36.6 Å². The Morgan fingerprint density at radius 2 is 1.85 bits per heavy atom. The summed E-state index contributed by atoms with van der Waals surface area (Å²) in [5.41, 5.74) is 1.05. The number of aliphatic hydroxyl groups excluding tert-OH is 1. The van der Waals surface area contributed by atoms with Crippen molar-refractivity contribution in [3.05, 3.63) is 42.2 Å². The molecule has 3 nitrogen and oxygen atoms in total. The van der Waals surface area contributed by atoms with E-state index in [4.69, 9.17) is 9.84 Å². The lowest BCUT2D eigenvalue weighted by atomic mass is 10.1. The Hall–Kier alpha value is -1.48. The molecule has 0 amide bonds. The van der Waals surface area contributed by atoms with Crippen LogP contribution in [0, 0.1) is 0 Å². The van der Waals surface area contributed by atoms with Crippen molar-refractivity contribution in [3.8, 4) is 5.75 Å². The average Bonchev–Trinajstić information content (AvgIpc) is 2.46. The number of hydrogen-bond donors (Lipinski definition) is 1. The molecule has 1 heterocycles. The van der Waals surface area contributed by atoms with Crippen molar-refractivity contribution in [2.75, 3.05) is 26.2 Å². The third-order valence-electron chi connectivity index (χ3n) is 3.67. The Bertz CT molecular complexity index is 408. The van der Waals surface area contributed by atoms with Crippen molar-refractivity contribution in [2.24, 2.45) is 0 Å². The summed E-state index contributed by atoms with van der Waals surface area (Å²) in [6.45, 7) is 7.90. The topological polar surface area (TPSA) is 32.7 Å². The molecule has 1 aromatic carbocycles. The maximum Gasteiger partial charge on any atom is 0.119 e. The van der Waals surface area contributed by atoms with Gasteiger partial charge in [-0.25, -0.2) is 0 Å². The molecule has 110 valence electrons. The standard InChI is InChI=1S/C17H25NO2/c1-15(19)14-16-6-8-17(9-7-16)20-13-5-12-18-10-3-2-4-11-18/h6-9,19H,1-5,10-14H2. The maximum absolute atomic E-state index is 9.14. The van der Waals surface area contributed by atoms with Crippen molar-refractivity contribution in [1.82, 2.24) is 4.90 Å². The molecule has 0 aliphatic carbocycles. The van der Waals surface area contributed by atoms with Crippen molar-refractivity contribution >= 4 is 0 Å². The van der Waals surface area contributed by atoms with Gasteiger partial charge in [0.1, 0.15) is 5.75 Å². The van der Waals surface area contributed by atoms with E-state index in [9.17, 15) is 0 Å². The number of aliphatic hydroxyl groups is 1. The molecule has 1 aliphatic heterocycles. The molecule has 20 heavy (non-hydrogen) atoms. The number of hydrogen-bond acceptors (Lipinski definition) is 3. The van der Waals surface area contributed by atoms with E-state index >= 15 is 0 Å².